The van der Waals surface area contributed by atoms with E-state index >= 15 is 0 Å². The fourth-order valence-corrected chi connectivity index (χ4v) is 8.32. The third-order valence-corrected chi connectivity index (χ3v) is 10.5. The van der Waals surface area contributed by atoms with Gasteiger partial charge < -0.3 is 9.47 Å². The van der Waals surface area contributed by atoms with Crippen molar-refractivity contribution in [2.45, 2.75) is 12.0 Å². The zero-order valence-electron chi connectivity index (χ0n) is 27.5. The summed E-state index contributed by atoms with van der Waals surface area (Å²) in [6.07, 6.45) is 4.80. The van der Waals surface area contributed by atoms with E-state index in [-0.39, 0.29) is 12.0 Å². The zero-order chi connectivity index (χ0) is 33.0. The average Bonchev–Trinajstić information content (AvgIpc) is 3.72. The summed E-state index contributed by atoms with van der Waals surface area (Å²) in [6, 6.07) is 66.4. The number of hydrogen-bond acceptors (Lipinski definition) is 1. The number of nitrogens with zero attached hydrogens (tertiary/aromatic N) is 2. The van der Waals surface area contributed by atoms with E-state index < -0.39 is 0 Å². The van der Waals surface area contributed by atoms with Gasteiger partial charge in [0.25, 0.3) is 0 Å². The first-order chi connectivity index (χ1) is 24.8. The van der Waals surface area contributed by atoms with Crippen LogP contribution in [-0.2, 0) is 0 Å². The Bertz CT molecular complexity index is 2540. The van der Waals surface area contributed by atoms with Crippen molar-refractivity contribution in [1.82, 2.24) is 4.57 Å². The van der Waals surface area contributed by atoms with Gasteiger partial charge in [0.2, 0.25) is 0 Å². The second kappa shape index (κ2) is 11.6. The van der Waals surface area contributed by atoms with Crippen molar-refractivity contribution in [3.8, 4) is 39.1 Å². The normalized spacial score (nSPS) is 15.9. The van der Waals surface area contributed by atoms with Crippen LogP contribution in [0.3, 0.4) is 0 Å². The molecule has 0 saturated carbocycles. The Morgan fingerprint density at radius 1 is 0.420 bits per heavy atom. The molecule has 1 aromatic heterocycles. The number of hydrogen-bond donors (Lipinski definition) is 0. The van der Waals surface area contributed by atoms with Gasteiger partial charge in [0.15, 0.2) is 0 Å². The summed E-state index contributed by atoms with van der Waals surface area (Å²) in [6.45, 7) is 0. The van der Waals surface area contributed by atoms with Crippen LogP contribution in [0.2, 0.25) is 0 Å². The number of rotatable bonds is 5. The molecule has 0 spiro atoms. The first-order valence-corrected chi connectivity index (χ1v) is 17.4. The van der Waals surface area contributed by atoms with E-state index in [2.05, 4.69) is 204 Å². The fraction of sp³-hybridized carbons (Fsp3) is 0.0417. The molecule has 2 aliphatic rings. The van der Waals surface area contributed by atoms with E-state index in [1.54, 1.807) is 0 Å². The predicted octanol–water partition coefficient (Wildman–Crippen LogP) is 12.3. The van der Waals surface area contributed by atoms with Gasteiger partial charge in [-0.3, -0.25) is 0 Å². The lowest BCUT2D eigenvalue weighted by atomic mass is 9.82. The molecular formula is C48H34N2. The summed E-state index contributed by atoms with van der Waals surface area (Å²) in [5.41, 5.74) is 16.3. The third kappa shape index (κ3) is 4.57. The Morgan fingerprint density at radius 2 is 1.00 bits per heavy atom. The molecule has 2 nitrogen and oxygen atoms in total. The van der Waals surface area contributed by atoms with Gasteiger partial charge in [-0.2, -0.15) is 0 Å². The molecule has 7 aromatic carbocycles. The minimum atomic E-state index is 0.175. The standard InChI is InChI=1S/C48H34N2/c1-3-13-33(14-4-1)35-25-27-39(28-26-35)49-43-23-9-7-21-41(43)47-45(49)29-30-46-48(47)42-22-8-10-24-44(42)50(46)40-20-12-19-38(32-40)37-18-11-17-36(31-37)34-15-5-2-6-16-34/h1-32,45,47H. The molecule has 10 rings (SSSR count). The van der Waals surface area contributed by atoms with E-state index in [0.717, 1.165) is 0 Å². The number of anilines is 2. The van der Waals surface area contributed by atoms with Gasteiger partial charge in [-0.15, -0.1) is 0 Å². The lowest BCUT2D eigenvalue weighted by molar-refractivity contribution is 0.725. The number of fused-ring (bicyclic) bond motifs is 7. The molecule has 2 heteroatoms. The molecule has 2 unspecified atom stereocenters. The Kier molecular flexibility index (Phi) is 6.67. The summed E-state index contributed by atoms with van der Waals surface area (Å²) in [5.74, 6) is 0.205. The molecule has 0 amide bonds. The maximum Gasteiger partial charge on any atom is 0.0637 e. The average molecular weight is 639 g/mol. The highest BCUT2D eigenvalue weighted by atomic mass is 15.2. The van der Waals surface area contributed by atoms with Crippen LogP contribution in [0, 0.1) is 0 Å². The molecule has 2 heterocycles. The van der Waals surface area contributed by atoms with E-state index in [4.69, 9.17) is 0 Å². The molecule has 236 valence electrons. The van der Waals surface area contributed by atoms with Crippen LogP contribution >= 0.6 is 0 Å². The SMILES string of the molecule is C1=CC2C(c3ccccc3N2c2ccc(-c3ccccc3)cc2)c2c1n(-c1cccc(-c3cccc(-c4ccccc4)c3)c1)c1ccccc21. The smallest absolute Gasteiger partial charge is 0.0637 e. The zero-order valence-corrected chi connectivity index (χ0v) is 27.5. The van der Waals surface area contributed by atoms with Crippen molar-refractivity contribution < 1.29 is 0 Å². The van der Waals surface area contributed by atoms with Gasteiger partial charge in [-0.05, 0) is 93.0 Å². The molecule has 1 aliphatic carbocycles. The van der Waals surface area contributed by atoms with Gasteiger partial charge >= 0.3 is 0 Å². The van der Waals surface area contributed by atoms with Crippen molar-refractivity contribution in [2.75, 3.05) is 4.90 Å². The molecule has 0 radical (unpaired) electrons. The molecule has 0 bridgehead atoms. The van der Waals surface area contributed by atoms with Crippen LogP contribution in [0.1, 0.15) is 22.7 Å². The van der Waals surface area contributed by atoms with Crippen molar-refractivity contribution in [1.29, 1.82) is 0 Å². The van der Waals surface area contributed by atoms with Crippen molar-refractivity contribution in [2.24, 2.45) is 0 Å². The second-order valence-corrected chi connectivity index (χ2v) is 13.3. The summed E-state index contributed by atoms with van der Waals surface area (Å²) in [7, 11) is 0. The van der Waals surface area contributed by atoms with Crippen LogP contribution in [0.15, 0.2) is 188 Å². The topological polar surface area (TPSA) is 8.17 Å². The molecular weight excluding hydrogens is 605 g/mol. The molecule has 50 heavy (non-hydrogen) atoms. The molecule has 0 N–H and O–H groups in total. The highest BCUT2D eigenvalue weighted by Gasteiger charge is 2.43. The van der Waals surface area contributed by atoms with Gasteiger partial charge in [0.05, 0.1) is 17.3 Å². The van der Waals surface area contributed by atoms with Crippen LogP contribution in [-0.4, -0.2) is 10.6 Å². The lowest BCUT2D eigenvalue weighted by Gasteiger charge is -2.31. The first kappa shape index (κ1) is 28.6. The van der Waals surface area contributed by atoms with Gasteiger partial charge in [0, 0.05) is 28.4 Å². The molecule has 1 aliphatic heterocycles. The second-order valence-electron chi connectivity index (χ2n) is 13.3. The highest BCUT2D eigenvalue weighted by molar-refractivity contribution is 5.94. The number of benzene rings is 7. The van der Waals surface area contributed by atoms with Crippen molar-refractivity contribution in [3.05, 3.63) is 205 Å². The summed E-state index contributed by atoms with van der Waals surface area (Å²) in [4.78, 5) is 2.54. The monoisotopic (exact) mass is 638 g/mol. The van der Waals surface area contributed by atoms with Gasteiger partial charge in [-0.1, -0.05) is 146 Å². The minimum Gasteiger partial charge on any atom is -0.333 e. The molecule has 2 atom stereocenters. The Morgan fingerprint density at radius 3 is 1.78 bits per heavy atom. The molecule has 0 fully saturated rings. The maximum absolute atomic E-state index is 2.54. The lowest BCUT2D eigenvalue weighted by Crippen LogP contribution is -2.30. The fourth-order valence-electron chi connectivity index (χ4n) is 8.32. The maximum atomic E-state index is 2.54. The Hall–Kier alpha value is -6.38. The summed E-state index contributed by atoms with van der Waals surface area (Å²) >= 11 is 0. The van der Waals surface area contributed by atoms with Crippen molar-refractivity contribution >= 4 is 28.4 Å². The minimum absolute atomic E-state index is 0.175. The van der Waals surface area contributed by atoms with Crippen LogP contribution in [0.4, 0.5) is 11.4 Å². The third-order valence-electron chi connectivity index (χ3n) is 10.5. The van der Waals surface area contributed by atoms with E-state index in [0.29, 0.717) is 0 Å². The van der Waals surface area contributed by atoms with Crippen molar-refractivity contribution in [3.63, 3.8) is 0 Å². The Balaban J connectivity index is 1.09. The quantitative estimate of drug-likeness (QED) is 0.182. The predicted molar refractivity (Wildman–Crippen MR) is 209 cm³/mol. The van der Waals surface area contributed by atoms with Crippen LogP contribution < -0.4 is 4.90 Å². The van der Waals surface area contributed by atoms with Crippen LogP contribution in [0.25, 0.3) is 56.0 Å². The molecule has 0 saturated heterocycles. The first-order valence-electron chi connectivity index (χ1n) is 17.4. The highest BCUT2D eigenvalue weighted by Crippen LogP contribution is 2.54. The largest absolute Gasteiger partial charge is 0.333 e. The number of para-hydroxylation sites is 2. The van der Waals surface area contributed by atoms with E-state index in [9.17, 15) is 0 Å². The van der Waals surface area contributed by atoms with Gasteiger partial charge in [-0.25, -0.2) is 0 Å². The summed E-state index contributed by atoms with van der Waals surface area (Å²) < 4.78 is 2.47. The van der Waals surface area contributed by atoms with Gasteiger partial charge in [0.1, 0.15) is 0 Å². The van der Waals surface area contributed by atoms with E-state index in [1.807, 2.05) is 0 Å². The summed E-state index contributed by atoms with van der Waals surface area (Å²) in [5, 5.41) is 1.31. The Labute approximate surface area is 292 Å². The molecule has 8 aromatic rings. The number of aromatic nitrogens is 1. The van der Waals surface area contributed by atoms with E-state index in [1.165, 1.54) is 78.2 Å². The van der Waals surface area contributed by atoms with Crippen LogP contribution in [0.5, 0.6) is 0 Å².